The molecule has 1 aliphatic heterocycles. The van der Waals surface area contributed by atoms with Crippen LogP contribution in [0.2, 0.25) is 5.02 Å². The third-order valence-electron chi connectivity index (χ3n) is 5.04. The number of aryl methyl sites for hydroxylation is 1. The van der Waals surface area contributed by atoms with Gasteiger partial charge >= 0.3 is 0 Å². The fourth-order valence-corrected chi connectivity index (χ4v) is 3.94. The summed E-state index contributed by atoms with van der Waals surface area (Å²) >= 11 is 6.24. The highest BCUT2D eigenvalue weighted by atomic mass is 35.5. The molecule has 134 valence electrons. The maximum atomic E-state index is 6.24. The summed E-state index contributed by atoms with van der Waals surface area (Å²) in [5.41, 5.74) is 5.75. The van der Waals surface area contributed by atoms with Crippen molar-refractivity contribution in [1.29, 1.82) is 0 Å². The Hall–Kier alpha value is -2.26. The second kappa shape index (κ2) is 7.55. The number of nitrogens with zero attached hydrogens (tertiary/aromatic N) is 2. The van der Waals surface area contributed by atoms with E-state index in [9.17, 15) is 0 Å². The molecular weight excluding hydrogens is 342 g/mol. The zero-order chi connectivity index (χ0) is 17.9. The zero-order valence-corrected chi connectivity index (χ0v) is 15.9. The quantitative estimate of drug-likeness (QED) is 0.651. The average Bonchev–Trinajstić information content (AvgIpc) is 3.17. The van der Waals surface area contributed by atoms with Crippen LogP contribution in [0.1, 0.15) is 24.1 Å². The lowest BCUT2D eigenvalue weighted by Gasteiger charge is -2.20. The molecule has 3 aromatic rings. The molecule has 2 heterocycles. The smallest absolute Gasteiger partial charge is 0.0746 e. The van der Waals surface area contributed by atoms with Crippen molar-refractivity contribution in [3.8, 4) is 0 Å². The number of hydrogen-bond donors (Lipinski definition) is 1. The van der Waals surface area contributed by atoms with Crippen molar-refractivity contribution in [2.45, 2.75) is 26.2 Å². The maximum absolute atomic E-state index is 6.24. The first-order valence-electron chi connectivity index (χ1n) is 9.34. The second-order valence-corrected chi connectivity index (χ2v) is 7.38. The van der Waals surface area contributed by atoms with Crippen molar-refractivity contribution in [1.82, 2.24) is 4.98 Å². The molecule has 2 aromatic carbocycles. The molecule has 1 N–H and O–H groups in total. The molecule has 0 amide bonds. The van der Waals surface area contributed by atoms with Crippen molar-refractivity contribution in [2.75, 3.05) is 29.9 Å². The minimum atomic E-state index is 0.834. The molecule has 1 aromatic heterocycles. The fraction of sp³-hybridized carbons (Fsp3) is 0.318. The molecule has 1 aliphatic rings. The SMILES string of the molecule is Cc1cc(N2CCCC2)c2ccc(NCCc3ccccc3Cl)cc2n1. The highest BCUT2D eigenvalue weighted by Gasteiger charge is 2.16. The molecule has 0 spiro atoms. The molecule has 3 nitrogen and oxygen atoms in total. The standard InChI is InChI=1S/C22H24ClN3/c1-16-14-22(26-12-4-5-13-26)19-9-8-18(15-21(19)25-16)24-11-10-17-6-2-3-7-20(17)23/h2-3,6-9,14-15,24H,4-5,10-13H2,1H3. The number of fused-ring (bicyclic) bond motifs is 1. The molecule has 1 fully saturated rings. The molecule has 4 rings (SSSR count). The van der Waals surface area contributed by atoms with Crippen LogP contribution in [0.25, 0.3) is 10.9 Å². The number of nitrogens with one attached hydrogen (secondary N) is 1. The van der Waals surface area contributed by atoms with E-state index in [-0.39, 0.29) is 0 Å². The zero-order valence-electron chi connectivity index (χ0n) is 15.1. The van der Waals surface area contributed by atoms with Crippen LogP contribution in [0.3, 0.4) is 0 Å². The van der Waals surface area contributed by atoms with Crippen LogP contribution in [0.15, 0.2) is 48.5 Å². The van der Waals surface area contributed by atoms with Crippen LogP contribution < -0.4 is 10.2 Å². The van der Waals surface area contributed by atoms with Gasteiger partial charge in [0.1, 0.15) is 0 Å². The highest BCUT2D eigenvalue weighted by Crippen LogP contribution is 2.31. The molecule has 1 saturated heterocycles. The van der Waals surface area contributed by atoms with Crippen LogP contribution in [0.4, 0.5) is 11.4 Å². The second-order valence-electron chi connectivity index (χ2n) is 6.98. The average molecular weight is 366 g/mol. The first-order chi connectivity index (χ1) is 12.7. The van der Waals surface area contributed by atoms with Crippen molar-refractivity contribution in [3.05, 3.63) is 64.8 Å². The van der Waals surface area contributed by atoms with Gasteiger partial charge in [-0.1, -0.05) is 29.8 Å². The van der Waals surface area contributed by atoms with Gasteiger partial charge in [-0.05, 0) is 62.1 Å². The van der Waals surface area contributed by atoms with Gasteiger partial charge in [-0.2, -0.15) is 0 Å². The van der Waals surface area contributed by atoms with Gasteiger partial charge in [-0.25, -0.2) is 0 Å². The lowest BCUT2D eigenvalue weighted by Crippen LogP contribution is -2.18. The molecule has 0 saturated carbocycles. The van der Waals surface area contributed by atoms with Crippen LogP contribution in [-0.4, -0.2) is 24.6 Å². The number of rotatable bonds is 5. The first kappa shape index (κ1) is 17.2. The Kier molecular flexibility index (Phi) is 4.98. The van der Waals surface area contributed by atoms with E-state index in [0.29, 0.717) is 0 Å². The molecule has 0 radical (unpaired) electrons. The van der Waals surface area contributed by atoms with Crippen LogP contribution in [0, 0.1) is 6.92 Å². The Balaban J connectivity index is 1.53. The van der Waals surface area contributed by atoms with E-state index in [4.69, 9.17) is 16.6 Å². The number of hydrogen-bond acceptors (Lipinski definition) is 3. The summed E-state index contributed by atoms with van der Waals surface area (Å²) in [6, 6.07) is 16.8. The van der Waals surface area contributed by atoms with Crippen LogP contribution in [-0.2, 0) is 6.42 Å². The number of halogens is 1. The minimum Gasteiger partial charge on any atom is -0.385 e. The maximum Gasteiger partial charge on any atom is 0.0746 e. The van der Waals surface area contributed by atoms with Gasteiger partial charge in [-0.3, -0.25) is 4.98 Å². The predicted octanol–water partition coefficient (Wildman–Crippen LogP) is 5.45. The van der Waals surface area contributed by atoms with E-state index >= 15 is 0 Å². The molecule has 0 unspecified atom stereocenters. The summed E-state index contributed by atoms with van der Waals surface area (Å²) < 4.78 is 0. The summed E-state index contributed by atoms with van der Waals surface area (Å²) in [5.74, 6) is 0. The van der Waals surface area contributed by atoms with Crippen molar-refractivity contribution >= 4 is 33.9 Å². The molecule has 26 heavy (non-hydrogen) atoms. The van der Waals surface area contributed by atoms with Crippen molar-refractivity contribution < 1.29 is 0 Å². The van der Waals surface area contributed by atoms with Crippen LogP contribution >= 0.6 is 11.6 Å². The topological polar surface area (TPSA) is 28.2 Å². The van der Waals surface area contributed by atoms with Gasteiger partial charge in [-0.15, -0.1) is 0 Å². The van der Waals surface area contributed by atoms with E-state index in [1.54, 1.807) is 0 Å². The van der Waals surface area contributed by atoms with Crippen molar-refractivity contribution in [2.24, 2.45) is 0 Å². The summed E-state index contributed by atoms with van der Waals surface area (Å²) in [5, 5.41) is 5.59. The van der Waals surface area contributed by atoms with Crippen LogP contribution in [0.5, 0.6) is 0 Å². The van der Waals surface area contributed by atoms with Crippen molar-refractivity contribution in [3.63, 3.8) is 0 Å². The fourth-order valence-electron chi connectivity index (χ4n) is 3.71. The Labute approximate surface area is 160 Å². The number of pyridine rings is 1. The summed E-state index contributed by atoms with van der Waals surface area (Å²) in [6.07, 6.45) is 3.47. The summed E-state index contributed by atoms with van der Waals surface area (Å²) in [6.45, 7) is 5.23. The first-order valence-corrected chi connectivity index (χ1v) is 9.72. The molecule has 0 bridgehead atoms. The lowest BCUT2D eigenvalue weighted by molar-refractivity contribution is 0.949. The van der Waals surface area contributed by atoms with Gasteiger partial charge in [0.05, 0.1) is 5.52 Å². The molecule has 4 heteroatoms. The van der Waals surface area contributed by atoms with Gasteiger partial charge < -0.3 is 10.2 Å². The van der Waals surface area contributed by atoms with E-state index in [2.05, 4.69) is 47.5 Å². The highest BCUT2D eigenvalue weighted by molar-refractivity contribution is 6.31. The molecule has 0 atom stereocenters. The number of benzene rings is 2. The Morgan fingerprint density at radius 1 is 1.08 bits per heavy atom. The monoisotopic (exact) mass is 365 g/mol. The minimum absolute atomic E-state index is 0.834. The number of anilines is 2. The summed E-state index contributed by atoms with van der Waals surface area (Å²) in [4.78, 5) is 7.25. The normalized spacial score (nSPS) is 14.2. The van der Waals surface area contributed by atoms with E-state index in [1.807, 2.05) is 18.2 Å². The Morgan fingerprint density at radius 2 is 1.88 bits per heavy atom. The Morgan fingerprint density at radius 3 is 2.69 bits per heavy atom. The molecule has 0 aliphatic carbocycles. The largest absolute Gasteiger partial charge is 0.385 e. The van der Waals surface area contributed by atoms with E-state index in [0.717, 1.165) is 48.0 Å². The number of aromatic nitrogens is 1. The third-order valence-corrected chi connectivity index (χ3v) is 5.41. The lowest BCUT2D eigenvalue weighted by atomic mass is 10.1. The summed E-state index contributed by atoms with van der Waals surface area (Å²) in [7, 11) is 0. The van der Waals surface area contributed by atoms with Gasteiger partial charge in [0.15, 0.2) is 0 Å². The van der Waals surface area contributed by atoms with Gasteiger partial charge in [0, 0.05) is 47.1 Å². The predicted molar refractivity (Wildman–Crippen MR) is 112 cm³/mol. The molecular formula is C22H24ClN3. The van der Waals surface area contributed by atoms with Gasteiger partial charge in [0.25, 0.3) is 0 Å². The van der Waals surface area contributed by atoms with E-state index < -0.39 is 0 Å². The Bertz CT molecular complexity index is 916. The van der Waals surface area contributed by atoms with E-state index in [1.165, 1.54) is 29.5 Å². The van der Waals surface area contributed by atoms with Gasteiger partial charge in [0.2, 0.25) is 0 Å². The third kappa shape index (κ3) is 3.63.